The molecule has 8 nitrogen and oxygen atoms in total. The normalized spacial score (nSPS) is 15.3. The van der Waals surface area contributed by atoms with Gasteiger partial charge in [-0.15, -0.1) is 0 Å². The molecule has 1 aliphatic heterocycles. The van der Waals surface area contributed by atoms with Crippen LogP contribution in [-0.4, -0.2) is 69.5 Å². The number of hydrogen-bond donors (Lipinski definition) is 1. The van der Waals surface area contributed by atoms with Gasteiger partial charge in [0.15, 0.2) is 11.5 Å². The van der Waals surface area contributed by atoms with Gasteiger partial charge in [-0.2, -0.15) is 0 Å². The average Bonchev–Trinajstić information content (AvgIpc) is 2.80. The molecule has 1 atom stereocenters. The average molecular weight is 415 g/mol. The van der Waals surface area contributed by atoms with E-state index in [0.717, 1.165) is 18.7 Å². The zero-order valence-corrected chi connectivity index (χ0v) is 17.7. The molecule has 0 saturated carbocycles. The van der Waals surface area contributed by atoms with Gasteiger partial charge in [-0.25, -0.2) is 4.98 Å². The third kappa shape index (κ3) is 5.20. The van der Waals surface area contributed by atoms with E-state index in [4.69, 9.17) is 18.9 Å². The predicted octanol–water partition coefficient (Wildman–Crippen LogP) is 2.30. The van der Waals surface area contributed by atoms with Crippen LogP contribution in [0, 0.1) is 0 Å². The number of nitrogens with zero attached hydrogens (tertiary/aromatic N) is 2. The van der Waals surface area contributed by atoms with Gasteiger partial charge >= 0.3 is 0 Å². The predicted molar refractivity (Wildman–Crippen MR) is 112 cm³/mol. The van der Waals surface area contributed by atoms with Crippen molar-refractivity contribution in [2.45, 2.75) is 13.0 Å². The second-order valence-corrected chi connectivity index (χ2v) is 6.78. The Hall–Kier alpha value is -2.84. The number of morpholine rings is 1. The molecular weight excluding hydrogens is 386 g/mol. The first kappa shape index (κ1) is 21.9. The molecule has 3 rings (SSSR count). The van der Waals surface area contributed by atoms with E-state index < -0.39 is 0 Å². The third-order valence-electron chi connectivity index (χ3n) is 5.03. The van der Waals surface area contributed by atoms with Crippen LogP contribution in [0.2, 0.25) is 0 Å². The minimum Gasteiger partial charge on any atom is -0.493 e. The quantitative estimate of drug-likeness (QED) is 0.673. The molecule has 2 aromatic rings. The molecule has 0 aliphatic carbocycles. The van der Waals surface area contributed by atoms with E-state index >= 15 is 0 Å². The largest absolute Gasteiger partial charge is 0.493 e. The van der Waals surface area contributed by atoms with Gasteiger partial charge in [-0.05, 0) is 36.8 Å². The highest BCUT2D eigenvalue weighted by Gasteiger charge is 2.25. The molecule has 1 aromatic heterocycles. The van der Waals surface area contributed by atoms with Crippen LogP contribution in [-0.2, 0) is 4.74 Å². The summed E-state index contributed by atoms with van der Waals surface area (Å²) in [6.07, 6.45) is 1.61. The Morgan fingerprint density at radius 3 is 2.67 bits per heavy atom. The van der Waals surface area contributed by atoms with Gasteiger partial charge in [0.1, 0.15) is 5.56 Å². The smallest absolute Gasteiger partial charge is 0.256 e. The summed E-state index contributed by atoms with van der Waals surface area (Å²) < 4.78 is 21.8. The highest BCUT2D eigenvalue weighted by Crippen LogP contribution is 2.32. The lowest BCUT2D eigenvalue weighted by molar-refractivity contribution is 0.0162. The fraction of sp³-hybridized carbons (Fsp3) is 0.455. The van der Waals surface area contributed by atoms with E-state index in [1.54, 1.807) is 32.5 Å². The number of amides is 1. The van der Waals surface area contributed by atoms with Gasteiger partial charge in [0.25, 0.3) is 5.91 Å². The summed E-state index contributed by atoms with van der Waals surface area (Å²) >= 11 is 0. The molecule has 0 spiro atoms. The number of benzene rings is 1. The Bertz CT molecular complexity index is 839. The van der Waals surface area contributed by atoms with E-state index in [1.807, 2.05) is 25.1 Å². The molecule has 1 aliphatic rings. The van der Waals surface area contributed by atoms with Crippen molar-refractivity contribution in [3.8, 4) is 17.4 Å². The van der Waals surface area contributed by atoms with Gasteiger partial charge in [-0.1, -0.05) is 6.07 Å². The van der Waals surface area contributed by atoms with Crippen molar-refractivity contribution >= 4 is 5.91 Å². The first-order valence-corrected chi connectivity index (χ1v) is 10.1. The maximum absolute atomic E-state index is 12.9. The van der Waals surface area contributed by atoms with Gasteiger partial charge in [-0.3, -0.25) is 9.69 Å². The summed E-state index contributed by atoms with van der Waals surface area (Å²) in [5.41, 5.74) is 1.46. The molecule has 0 bridgehead atoms. The Kier molecular flexibility index (Phi) is 7.87. The molecule has 1 amide bonds. The molecule has 8 heteroatoms. The molecule has 2 heterocycles. The minimum atomic E-state index is -0.217. The molecule has 0 radical (unpaired) electrons. The lowest BCUT2D eigenvalue weighted by atomic mass is 10.0. The zero-order chi connectivity index (χ0) is 21.3. The molecule has 1 saturated heterocycles. The lowest BCUT2D eigenvalue weighted by Crippen LogP contribution is -2.43. The summed E-state index contributed by atoms with van der Waals surface area (Å²) in [5, 5.41) is 3.05. The molecule has 1 fully saturated rings. The number of rotatable bonds is 9. The Morgan fingerprint density at radius 1 is 1.20 bits per heavy atom. The van der Waals surface area contributed by atoms with Crippen molar-refractivity contribution in [1.82, 2.24) is 15.2 Å². The van der Waals surface area contributed by atoms with Crippen molar-refractivity contribution in [2.75, 3.05) is 53.7 Å². The van der Waals surface area contributed by atoms with Gasteiger partial charge in [0.2, 0.25) is 5.88 Å². The second-order valence-electron chi connectivity index (χ2n) is 6.78. The number of pyridine rings is 1. The van der Waals surface area contributed by atoms with Gasteiger partial charge < -0.3 is 24.3 Å². The van der Waals surface area contributed by atoms with Crippen molar-refractivity contribution < 1.29 is 23.7 Å². The topological polar surface area (TPSA) is 82.2 Å². The van der Waals surface area contributed by atoms with E-state index in [2.05, 4.69) is 15.2 Å². The van der Waals surface area contributed by atoms with Crippen LogP contribution in [0.5, 0.6) is 17.4 Å². The van der Waals surface area contributed by atoms with Crippen LogP contribution in [0.25, 0.3) is 0 Å². The molecule has 162 valence electrons. The Morgan fingerprint density at radius 2 is 1.97 bits per heavy atom. The van der Waals surface area contributed by atoms with E-state index in [0.29, 0.717) is 49.3 Å². The standard InChI is InChI=1S/C22H29N3O5/c1-4-30-22-17(6-5-9-23-22)21(26)24-15-18(25-10-12-29-13-11-25)16-7-8-19(27-2)20(14-16)28-3/h5-9,14,18H,4,10-13,15H2,1-3H3,(H,24,26). The molecule has 1 aromatic carbocycles. The number of nitrogens with one attached hydrogen (secondary N) is 1. The molecule has 1 N–H and O–H groups in total. The van der Waals surface area contributed by atoms with Crippen LogP contribution >= 0.6 is 0 Å². The highest BCUT2D eigenvalue weighted by molar-refractivity contribution is 5.96. The number of carbonyl (C=O) groups excluding carboxylic acids is 1. The summed E-state index contributed by atoms with van der Waals surface area (Å²) in [4.78, 5) is 19.3. The van der Waals surface area contributed by atoms with Crippen LogP contribution in [0.15, 0.2) is 36.5 Å². The first-order chi connectivity index (χ1) is 14.7. The van der Waals surface area contributed by atoms with Crippen LogP contribution in [0.1, 0.15) is 28.9 Å². The Labute approximate surface area is 177 Å². The fourth-order valence-electron chi connectivity index (χ4n) is 3.51. The third-order valence-corrected chi connectivity index (χ3v) is 5.03. The first-order valence-electron chi connectivity index (χ1n) is 10.1. The summed E-state index contributed by atoms with van der Waals surface area (Å²) in [7, 11) is 3.23. The number of aromatic nitrogens is 1. The number of methoxy groups -OCH3 is 2. The van der Waals surface area contributed by atoms with Crippen LogP contribution in [0.4, 0.5) is 0 Å². The number of ether oxygens (including phenoxy) is 4. The maximum Gasteiger partial charge on any atom is 0.256 e. The van der Waals surface area contributed by atoms with Gasteiger partial charge in [0, 0.05) is 25.8 Å². The van der Waals surface area contributed by atoms with Crippen molar-refractivity contribution in [3.63, 3.8) is 0 Å². The van der Waals surface area contributed by atoms with Crippen LogP contribution < -0.4 is 19.5 Å². The van der Waals surface area contributed by atoms with E-state index in [-0.39, 0.29) is 11.9 Å². The maximum atomic E-state index is 12.9. The van der Waals surface area contributed by atoms with Crippen molar-refractivity contribution in [1.29, 1.82) is 0 Å². The molecule has 30 heavy (non-hydrogen) atoms. The molecule has 1 unspecified atom stereocenters. The van der Waals surface area contributed by atoms with E-state index in [1.165, 1.54) is 0 Å². The monoisotopic (exact) mass is 415 g/mol. The van der Waals surface area contributed by atoms with Crippen molar-refractivity contribution in [2.24, 2.45) is 0 Å². The summed E-state index contributed by atoms with van der Waals surface area (Å²) in [6.45, 7) is 5.62. The van der Waals surface area contributed by atoms with Crippen molar-refractivity contribution in [3.05, 3.63) is 47.7 Å². The Balaban J connectivity index is 1.81. The van der Waals surface area contributed by atoms with Gasteiger partial charge in [0.05, 0.1) is 40.1 Å². The van der Waals surface area contributed by atoms with E-state index in [9.17, 15) is 4.79 Å². The molecular formula is C22H29N3O5. The fourth-order valence-corrected chi connectivity index (χ4v) is 3.51. The lowest BCUT2D eigenvalue weighted by Gasteiger charge is -2.35. The van der Waals surface area contributed by atoms with Crippen LogP contribution in [0.3, 0.4) is 0 Å². The number of carbonyl (C=O) groups is 1. The summed E-state index contributed by atoms with van der Waals surface area (Å²) in [6, 6.07) is 9.26. The second kappa shape index (κ2) is 10.8. The number of hydrogen-bond acceptors (Lipinski definition) is 7. The minimum absolute atomic E-state index is 0.0372. The zero-order valence-electron chi connectivity index (χ0n) is 17.7. The SMILES string of the molecule is CCOc1ncccc1C(=O)NCC(c1ccc(OC)c(OC)c1)N1CCOCC1. The highest BCUT2D eigenvalue weighted by atomic mass is 16.5. The summed E-state index contributed by atoms with van der Waals surface area (Å²) in [5.74, 6) is 1.45.